The molecule has 7 nitrogen and oxygen atoms in total. The highest BCUT2D eigenvalue weighted by atomic mass is 16.2. The topological polar surface area (TPSA) is 61.7 Å². The van der Waals surface area contributed by atoms with E-state index in [-0.39, 0.29) is 17.2 Å². The van der Waals surface area contributed by atoms with Crippen LogP contribution in [0, 0.1) is 5.41 Å². The summed E-state index contributed by atoms with van der Waals surface area (Å²) in [6.07, 6.45) is 4.45. The van der Waals surface area contributed by atoms with E-state index in [2.05, 4.69) is 10.00 Å². The van der Waals surface area contributed by atoms with Crippen molar-refractivity contribution in [1.29, 1.82) is 0 Å². The molecule has 1 atom stereocenters. The fourth-order valence-corrected chi connectivity index (χ4v) is 4.05. The Morgan fingerprint density at radius 2 is 2.08 bits per heavy atom. The average molecular weight is 333 g/mol. The quantitative estimate of drug-likeness (QED) is 0.799. The Bertz CT molecular complexity index is 628. The normalized spacial score (nSPS) is 25.5. The van der Waals surface area contributed by atoms with E-state index in [1.54, 1.807) is 6.92 Å². The van der Waals surface area contributed by atoms with Crippen LogP contribution in [0.1, 0.15) is 25.8 Å². The minimum Gasteiger partial charge on any atom is -0.342 e. The van der Waals surface area contributed by atoms with Gasteiger partial charge < -0.3 is 9.80 Å². The lowest BCUT2D eigenvalue weighted by Crippen LogP contribution is -2.43. The third-order valence-corrected chi connectivity index (χ3v) is 5.17. The molecule has 3 rings (SSSR count). The van der Waals surface area contributed by atoms with E-state index in [9.17, 15) is 9.59 Å². The van der Waals surface area contributed by atoms with Crippen LogP contribution < -0.4 is 0 Å². The molecule has 1 aromatic rings. The number of likely N-dealkylation sites (tertiary alicyclic amines) is 1. The number of aryl methyl sites for hydroxylation is 1. The SMILES string of the molecule is CCN1C[C@@]2(CC1=O)CN(Cc1cnn(C)c1)CCN(C(C)=O)C2. The van der Waals surface area contributed by atoms with Crippen molar-refractivity contribution >= 4 is 11.8 Å². The molecular weight excluding hydrogens is 306 g/mol. The van der Waals surface area contributed by atoms with Gasteiger partial charge in [0.2, 0.25) is 11.8 Å². The van der Waals surface area contributed by atoms with Gasteiger partial charge in [-0.1, -0.05) is 0 Å². The zero-order valence-corrected chi connectivity index (χ0v) is 14.9. The Morgan fingerprint density at radius 1 is 1.29 bits per heavy atom. The molecule has 1 aromatic heterocycles. The minimum absolute atomic E-state index is 0.0972. The second-order valence-electron chi connectivity index (χ2n) is 7.26. The lowest BCUT2D eigenvalue weighted by molar-refractivity contribution is -0.130. The summed E-state index contributed by atoms with van der Waals surface area (Å²) in [6.45, 7) is 9.00. The molecule has 132 valence electrons. The van der Waals surface area contributed by atoms with Crippen LogP contribution in [0.4, 0.5) is 0 Å². The number of rotatable bonds is 3. The van der Waals surface area contributed by atoms with Gasteiger partial charge in [-0.15, -0.1) is 0 Å². The molecule has 1 spiro atoms. The van der Waals surface area contributed by atoms with Gasteiger partial charge in [0.1, 0.15) is 0 Å². The number of carbonyl (C=O) groups excluding carboxylic acids is 2. The maximum absolute atomic E-state index is 12.3. The molecule has 0 N–H and O–H groups in total. The van der Waals surface area contributed by atoms with E-state index in [4.69, 9.17) is 0 Å². The van der Waals surface area contributed by atoms with Crippen molar-refractivity contribution in [2.45, 2.75) is 26.8 Å². The average Bonchev–Trinajstić information content (AvgIpc) is 3.00. The van der Waals surface area contributed by atoms with Crippen molar-refractivity contribution in [3.8, 4) is 0 Å². The lowest BCUT2D eigenvalue weighted by atomic mass is 9.86. The molecule has 2 saturated heterocycles. The predicted octanol–water partition coefficient (Wildman–Crippen LogP) is 0.323. The summed E-state index contributed by atoms with van der Waals surface area (Å²) in [5.41, 5.74) is 1.01. The smallest absolute Gasteiger partial charge is 0.223 e. The zero-order chi connectivity index (χ0) is 17.3. The van der Waals surface area contributed by atoms with Crippen LogP contribution in [0.25, 0.3) is 0 Å². The second-order valence-corrected chi connectivity index (χ2v) is 7.26. The first-order valence-corrected chi connectivity index (χ1v) is 8.64. The summed E-state index contributed by atoms with van der Waals surface area (Å²) in [5, 5.41) is 4.24. The molecule has 2 fully saturated rings. The number of nitrogens with zero attached hydrogens (tertiary/aromatic N) is 5. The van der Waals surface area contributed by atoms with Crippen molar-refractivity contribution in [1.82, 2.24) is 24.5 Å². The molecule has 0 unspecified atom stereocenters. The lowest BCUT2D eigenvalue weighted by Gasteiger charge is -2.33. The Kier molecular flexibility index (Phi) is 4.62. The monoisotopic (exact) mass is 333 g/mol. The first kappa shape index (κ1) is 17.0. The maximum Gasteiger partial charge on any atom is 0.223 e. The highest BCUT2D eigenvalue weighted by molar-refractivity contribution is 5.80. The van der Waals surface area contributed by atoms with Gasteiger partial charge in [0, 0.05) is 83.4 Å². The van der Waals surface area contributed by atoms with E-state index < -0.39 is 0 Å². The molecule has 2 aliphatic rings. The van der Waals surface area contributed by atoms with Gasteiger partial charge in [-0.25, -0.2) is 0 Å². The molecular formula is C17H27N5O2. The third-order valence-electron chi connectivity index (χ3n) is 5.17. The maximum atomic E-state index is 12.3. The van der Waals surface area contributed by atoms with Crippen LogP contribution in [0.5, 0.6) is 0 Å². The third kappa shape index (κ3) is 3.45. The van der Waals surface area contributed by atoms with Crippen molar-refractivity contribution in [3.05, 3.63) is 18.0 Å². The van der Waals surface area contributed by atoms with Gasteiger partial charge in [0.15, 0.2) is 0 Å². The van der Waals surface area contributed by atoms with Crippen LogP contribution in [0.15, 0.2) is 12.4 Å². The van der Waals surface area contributed by atoms with Gasteiger partial charge in [0.05, 0.1) is 6.20 Å². The van der Waals surface area contributed by atoms with Crippen molar-refractivity contribution < 1.29 is 9.59 Å². The molecule has 2 aliphatic heterocycles. The van der Waals surface area contributed by atoms with Crippen molar-refractivity contribution in [2.75, 3.05) is 39.3 Å². The van der Waals surface area contributed by atoms with Gasteiger partial charge in [-0.05, 0) is 6.92 Å². The first-order valence-electron chi connectivity index (χ1n) is 8.64. The standard InChI is InChI=1S/C17H27N5O2/c1-4-21-12-17(7-16(21)24)11-20(5-6-22(13-17)14(2)23)10-15-8-18-19(3)9-15/h8-9H,4-7,10-13H2,1-3H3/t17-/m1/s1. The second kappa shape index (κ2) is 6.55. The highest BCUT2D eigenvalue weighted by Crippen LogP contribution is 2.35. The summed E-state index contributed by atoms with van der Waals surface area (Å²) in [5.74, 6) is 0.309. The molecule has 24 heavy (non-hydrogen) atoms. The van der Waals surface area contributed by atoms with Crippen molar-refractivity contribution in [3.63, 3.8) is 0 Å². The minimum atomic E-state index is -0.155. The van der Waals surface area contributed by atoms with Gasteiger partial charge in [-0.2, -0.15) is 5.10 Å². The van der Waals surface area contributed by atoms with Crippen LogP contribution >= 0.6 is 0 Å². The van der Waals surface area contributed by atoms with Crippen LogP contribution in [0.2, 0.25) is 0 Å². The molecule has 0 saturated carbocycles. The van der Waals surface area contributed by atoms with Crippen LogP contribution in [-0.2, 0) is 23.2 Å². The summed E-state index contributed by atoms with van der Waals surface area (Å²) in [6, 6.07) is 0. The molecule has 0 radical (unpaired) electrons. The van der Waals surface area contributed by atoms with Gasteiger partial charge in [-0.3, -0.25) is 19.2 Å². The number of amides is 2. The summed E-state index contributed by atoms with van der Waals surface area (Å²) >= 11 is 0. The summed E-state index contributed by atoms with van der Waals surface area (Å²) < 4.78 is 1.81. The molecule has 7 heteroatoms. The van der Waals surface area contributed by atoms with Crippen molar-refractivity contribution in [2.24, 2.45) is 12.5 Å². The molecule has 2 amide bonds. The fraction of sp³-hybridized carbons (Fsp3) is 0.706. The Hall–Kier alpha value is -1.89. The fourth-order valence-electron chi connectivity index (χ4n) is 4.05. The van der Waals surface area contributed by atoms with E-state index in [1.807, 2.05) is 40.8 Å². The zero-order valence-electron chi connectivity index (χ0n) is 14.9. The molecule has 0 bridgehead atoms. The number of hydrogen-bond donors (Lipinski definition) is 0. The Labute approximate surface area is 143 Å². The van der Waals surface area contributed by atoms with E-state index in [0.717, 1.165) is 39.3 Å². The van der Waals surface area contributed by atoms with Crippen LogP contribution in [-0.4, -0.2) is 75.6 Å². The number of carbonyl (C=O) groups is 2. The molecule has 0 aromatic carbocycles. The molecule has 0 aliphatic carbocycles. The van der Waals surface area contributed by atoms with Gasteiger partial charge >= 0.3 is 0 Å². The predicted molar refractivity (Wildman–Crippen MR) is 90.0 cm³/mol. The Balaban J connectivity index is 1.80. The van der Waals surface area contributed by atoms with Gasteiger partial charge in [0.25, 0.3) is 0 Å². The molecule has 3 heterocycles. The first-order chi connectivity index (χ1) is 11.4. The summed E-state index contributed by atoms with van der Waals surface area (Å²) in [4.78, 5) is 30.5. The van der Waals surface area contributed by atoms with Crippen LogP contribution in [0.3, 0.4) is 0 Å². The number of hydrogen-bond acceptors (Lipinski definition) is 4. The Morgan fingerprint density at radius 3 is 2.67 bits per heavy atom. The van der Waals surface area contributed by atoms with E-state index in [1.165, 1.54) is 5.56 Å². The largest absolute Gasteiger partial charge is 0.342 e. The highest BCUT2D eigenvalue weighted by Gasteiger charge is 2.46. The van der Waals surface area contributed by atoms with E-state index in [0.29, 0.717) is 13.0 Å². The number of aromatic nitrogens is 2. The van der Waals surface area contributed by atoms with E-state index >= 15 is 0 Å². The summed E-state index contributed by atoms with van der Waals surface area (Å²) in [7, 11) is 1.92.